The van der Waals surface area contributed by atoms with Crippen molar-refractivity contribution in [3.8, 4) is 0 Å². The van der Waals surface area contributed by atoms with E-state index in [0.29, 0.717) is 11.3 Å². The maximum Gasteiger partial charge on any atom is 0.336 e. The summed E-state index contributed by atoms with van der Waals surface area (Å²) in [6, 6.07) is 5.74. The largest absolute Gasteiger partial charge is 0.466 e. The van der Waals surface area contributed by atoms with Gasteiger partial charge in [0.05, 0.1) is 35.7 Å². The van der Waals surface area contributed by atoms with E-state index in [2.05, 4.69) is 12.2 Å². The number of nitro groups is 1. The number of allylic oxidation sites excluding steroid dienone is 2. The first kappa shape index (κ1) is 19.2. The minimum atomic E-state index is -0.893. The highest BCUT2D eigenvalue weighted by Crippen LogP contribution is 2.39. The summed E-state index contributed by atoms with van der Waals surface area (Å²) < 4.78 is 9.94. The standard InChI is InChI=1S/C18H19N2O6/c1-5-26-18(22)15-11(3)19-10(2)14(17(21)25-4)16(15)12-7-6-8-13(9-12)20(23)24/h6-9,16,19H,3,5H2,1-2,4H3/t16-/m0/s1. The molecule has 0 fully saturated rings. The van der Waals surface area contributed by atoms with Crippen LogP contribution >= 0.6 is 0 Å². The molecule has 1 radical (unpaired) electrons. The van der Waals surface area contributed by atoms with Crippen LogP contribution in [0.3, 0.4) is 0 Å². The van der Waals surface area contributed by atoms with E-state index in [4.69, 9.17) is 9.47 Å². The van der Waals surface area contributed by atoms with Gasteiger partial charge in [-0.2, -0.15) is 0 Å². The first-order valence-electron chi connectivity index (χ1n) is 7.85. The van der Waals surface area contributed by atoms with Crippen LogP contribution in [0, 0.1) is 17.0 Å². The van der Waals surface area contributed by atoms with Crippen LogP contribution in [0.4, 0.5) is 5.69 Å². The summed E-state index contributed by atoms with van der Waals surface area (Å²) in [6.45, 7) is 7.26. The summed E-state index contributed by atoms with van der Waals surface area (Å²) in [5.41, 5.74) is 1.24. The van der Waals surface area contributed by atoms with Crippen molar-refractivity contribution in [3.05, 3.63) is 69.4 Å². The van der Waals surface area contributed by atoms with Crippen LogP contribution < -0.4 is 5.32 Å². The lowest BCUT2D eigenvalue weighted by atomic mass is 9.80. The molecule has 1 aliphatic rings. The van der Waals surface area contributed by atoms with Gasteiger partial charge in [-0.05, 0) is 26.3 Å². The third kappa shape index (κ3) is 3.58. The number of benzene rings is 1. The number of esters is 2. The summed E-state index contributed by atoms with van der Waals surface area (Å²) in [4.78, 5) is 35.5. The number of dihydropyridines is 1. The Kier molecular flexibility index (Phi) is 5.76. The number of carbonyl (C=O) groups excluding carboxylic acids is 2. The highest BCUT2D eigenvalue weighted by atomic mass is 16.6. The number of hydrogen-bond acceptors (Lipinski definition) is 7. The average Bonchev–Trinajstić information content (AvgIpc) is 2.60. The van der Waals surface area contributed by atoms with Gasteiger partial charge in [-0.3, -0.25) is 10.1 Å². The first-order chi connectivity index (χ1) is 12.3. The number of carbonyl (C=O) groups is 2. The van der Waals surface area contributed by atoms with Crippen molar-refractivity contribution < 1.29 is 24.0 Å². The number of hydrogen-bond donors (Lipinski definition) is 1. The van der Waals surface area contributed by atoms with E-state index in [9.17, 15) is 19.7 Å². The van der Waals surface area contributed by atoms with E-state index in [-0.39, 0.29) is 29.1 Å². The van der Waals surface area contributed by atoms with E-state index in [1.54, 1.807) is 19.9 Å². The van der Waals surface area contributed by atoms with E-state index in [1.807, 2.05) is 0 Å². The molecule has 1 N–H and O–H groups in total. The molecule has 1 aromatic rings. The van der Waals surface area contributed by atoms with Crippen molar-refractivity contribution in [2.24, 2.45) is 0 Å². The maximum absolute atomic E-state index is 12.5. The molecular weight excluding hydrogens is 340 g/mol. The number of non-ortho nitro benzene ring substituents is 1. The fraction of sp³-hybridized carbons (Fsp3) is 0.278. The molecule has 0 unspecified atom stereocenters. The molecule has 2 rings (SSSR count). The summed E-state index contributed by atoms with van der Waals surface area (Å²) in [5.74, 6) is -2.20. The van der Waals surface area contributed by atoms with Gasteiger partial charge >= 0.3 is 11.9 Å². The lowest BCUT2D eigenvalue weighted by molar-refractivity contribution is -0.384. The van der Waals surface area contributed by atoms with Crippen molar-refractivity contribution >= 4 is 17.6 Å². The Hall–Kier alpha value is -3.16. The summed E-state index contributed by atoms with van der Waals surface area (Å²) in [7, 11) is 1.22. The molecule has 0 spiro atoms. The number of rotatable bonds is 5. The lowest BCUT2D eigenvalue weighted by Gasteiger charge is -2.30. The van der Waals surface area contributed by atoms with Gasteiger partial charge in [-0.1, -0.05) is 12.1 Å². The molecule has 1 aromatic carbocycles. The molecular formula is C18H19N2O6. The van der Waals surface area contributed by atoms with E-state index in [0.717, 1.165) is 0 Å². The van der Waals surface area contributed by atoms with Crippen molar-refractivity contribution in [1.82, 2.24) is 5.32 Å². The Balaban J connectivity index is 2.70. The van der Waals surface area contributed by atoms with Crippen molar-refractivity contribution in [2.45, 2.75) is 19.8 Å². The number of nitrogens with zero attached hydrogens (tertiary/aromatic N) is 1. The maximum atomic E-state index is 12.5. The van der Waals surface area contributed by atoms with Gasteiger partial charge in [0.1, 0.15) is 0 Å². The predicted octanol–water partition coefficient (Wildman–Crippen LogP) is 2.38. The number of methoxy groups -OCH3 is 1. The van der Waals surface area contributed by atoms with E-state index >= 15 is 0 Å². The van der Waals surface area contributed by atoms with Gasteiger partial charge in [0.15, 0.2) is 0 Å². The van der Waals surface area contributed by atoms with Crippen molar-refractivity contribution in [3.63, 3.8) is 0 Å². The molecule has 8 heteroatoms. The minimum Gasteiger partial charge on any atom is -0.466 e. The number of nitro benzene ring substituents is 1. The Morgan fingerprint density at radius 3 is 2.58 bits per heavy atom. The third-order valence-electron chi connectivity index (χ3n) is 3.96. The quantitative estimate of drug-likeness (QED) is 0.488. The van der Waals surface area contributed by atoms with Crippen molar-refractivity contribution in [1.29, 1.82) is 0 Å². The zero-order valence-electron chi connectivity index (χ0n) is 14.7. The molecule has 0 aromatic heterocycles. The smallest absolute Gasteiger partial charge is 0.336 e. The van der Waals surface area contributed by atoms with Gasteiger partial charge < -0.3 is 14.8 Å². The molecule has 1 aliphatic heterocycles. The third-order valence-corrected chi connectivity index (χ3v) is 3.96. The Morgan fingerprint density at radius 2 is 2.00 bits per heavy atom. The second kappa shape index (κ2) is 7.81. The molecule has 26 heavy (non-hydrogen) atoms. The molecule has 1 heterocycles. The zero-order chi connectivity index (χ0) is 19.4. The van der Waals surface area contributed by atoms with Crippen LogP contribution in [0.5, 0.6) is 0 Å². The predicted molar refractivity (Wildman–Crippen MR) is 92.7 cm³/mol. The van der Waals surface area contributed by atoms with Gasteiger partial charge in [-0.25, -0.2) is 9.59 Å². The fourth-order valence-electron chi connectivity index (χ4n) is 2.88. The van der Waals surface area contributed by atoms with Crippen molar-refractivity contribution in [2.75, 3.05) is 13.7 Å². The number of nitrogens with one attached hydrogen (secondary N) is 1. The number of ether oxygens (including phenoxy) is 2. The van der Waals surface area contributed by atoms with Gasteiger partial charge in [0.25, 0.3) is 5.69 Å². The first-order valence-corrected chi connectivity index (χ1v) is 7.85. The second-order valence-electron chi connectivity index (χ2n) is 5.55. The van der Waals surface area contributed by atoms with E-state index < -0.39 is 22.8 Å². The molecule has 1 atom stereocenters. The lowest BCUT2D eigenvalue weighted by Crippen LogP contribution is -2.32. The average molecular weight is 359 g/mol. The fourth-order valence-corrected chi connectivity index (χ4v) is 2.88. The van der Waals surface area contributed by atoms with Crippen LogP contribution in [0.2, 0.25) is 0 Å². The molecule has 0 saturated heterocycles. The Bertz CT molecular complexity index is 825. The zero-order valence-corrected chi connectivity index (χ0v) is 14.7. The molecule has 0 amide bonds. The molecule has 137 valence electrons. The highest BCUT2D eigenvalue weighted by molar-refractivity contribution is 6.00. The molecule has 0 bridgehead atoms. The monoisotopic (exact) mass is 359 g/mol. The normalized spacial score (nSPS) is 16.8. The van der Waals surface area contributed by atoms with Crippen LogP contribution in [0.25, 0.3) is 0 Å². The van der Waals surface area contributed by atoms with Crippen LogP contribution in [-0.4, -0.2) is 30.6 Å². The van der Waals surface area contributed by atoms with Crippen LogP contribution in [-0.2, 0) is 19.1 Å². The summed E-state index contributed by atoms with van der Waals surface area (Å²) in [6.07, 6.45) is 0. The topological polar surface area (TPSA) is 108 Å². The molecule has 0 aliphatic carbocycles. The molecule has 8 nitrogen and oxygen atoms in total. The Labute approximate surface area is 150 Å². The van der Waals surface area contributed by atoms with Gasteiger partial charge in [0, 0.05) is 23.5 Å². The second-order valence-corrected chi connectivity index (χ2v) is 5.55. The Morgan fingerprint density at radius 1 is 1.31 bits per heavy atom. The molecule has 0 saturated carbocycles. The van der Waals surface area contributed by atoms with E-state index in [1.165, 1.54) is 25.3 Å². The SMILES string of the molecule is [CH2]C1=C(C(=O)OCC)[C@@H](c2cccc([N+](=O)[O-])c2)C(C(=O)OC)=C(C)N1. The summed E-state index contributed by atoms with van der Waals surface area (Å²) in [5, 5.41) is 14.0. The van der Waals surface area contributed by atoms with Crippen LogP contribution in [0.15, 0.2) is 46.8 Å². The van der Waals surface area contributed by atoms with Gasteiger partial charge in [-0.15, -0.1) is 0 Å². The highest BCUT2D eigenvalue weighted by Gasteiger charge is 2.38. The summed E-state index contributed by atoms with van der Waals surface area (Å²) >= 11 is 0. The van der Waals surface area contributed by atoms with Gasteiger partial charge in [0.2, 0.25) is 0 Å². The minimum absolute atomic E-state index is 0.110. The van der Waals surface area contributed by atoms with Crippen LogP contribution in [0.1, 0.15) is 25.3 Å².